The molecule has 0 atom stereocenters. The van der Waals surface area contributed by atoms with E-state index in [1.165, 1.54) is 0 Å². The maximum Gasteiger partial charge on any atom is 0.253 e. The van der Waals surface area contributed by atoms with Gasteiger partial charge in [0.15, 0.2) is 5.60 Å². The maximum atomic E-state index is 13.1. The summed E-state index contributed by atoms with van der Waals surface area (Å²) in [6, 6.07) is 21.0. The van der Waals surface area contributed by atoms with Crippen LogP contribution in [0.5, 0.6) is 5.75 Å². The number of amides is 1. The average Bonchev–Trinajstić information content (AvgIpc) is 3.24. The van der Waals surface area contributed by atoms with Gasteiger partial charge in [0.05, 0.1) is 17.0 Å². The third kappa shape index (κ3) is 3.17. The minimum absolute atomic E-state index is 0.0218. The summed E-state index contributed by atoms with van der Waals surface area (Å²) in [5.41, 5.74) is 2.31. The summed E-state index contributed by atoms with van der Waals surface area (Å²) in [5.74, 6) is 0.737. The fraction of sp³-hybridized carbons (Fsp3) is 0.308. The largest absolute Gasteiger partial charge is 0.479 e. The highest BCUT2D eigenvalue weighted by Crippen LogP contribution is 2.45. The molecule has 6 nitrogen and oxygen atoms in total. The van der Waals surface area contributed by atoms with E-state index < -0.39 is 11.2 Å². The number of hydrogen-bond donors (Lipinski definition) is 1. The number of piperidine rings is 1. The summed E-state index contributed by atoms with van der Waals surface area (Å²) >= 11 is 0. The van der Waals surface area contributed by atoms with Crippen molar-refractivity contribution in [3.63, 3.8) is 0 Å². The fourth-order valence-electron chi connectivity index (χ4n) is 4.76. The van der Waals surface area contributed by atoms with Crippen molar-refractivity contribution >= 4 is 5.91 Å². The van der Waals surface area contributed by atoms with E-state index in [2.05, 4.69) is 6.07 Å². The highest BCUT2D eigenvalue weighted by Gasteiger charge is 2.45. The van der Waals surface area contributed by atoms with Crippen LogP contribution >= 0.6 is 0 Å². The Labute approximate surface area is 187 Å². The quantitative estimate of drug-likeness (QED) is 0.668. The first-order valence-corrected chi connectivity index (χ1v) is 10.9. The number of rotatable bonds is 2. The number of aliphatic hydroxyl groups is 1. The molecule has 162 valence electrons. The molecule has 1 fully saturated rings. The molecule has 0 unspecified atom stereocenters. The first-order valence-electron chi connectivity index (χ1n) is 10.9. The van der Waals surface area contributed by atoms with Gasteiger partial charge in [0.2, 0.25) is 0 Å². The van der Waals surface area contributed by atoms with Crippen LogP contribution in [0.15, 0.2) is 60.7 Å². The van der Waals surface area contributed by atoms with E-state index in [0.717, 1.165) is 22.7 Å². The number of ether oxygens (including phenoxy) is 1. The van der Waals surface area contributed by atoms with Crippen LogP contribution in [0.2, 0.25) is 0 Å². The SMILES string of the molecule is CC(C)(O)c1ccc(C(=O)N2CCC3(CC2)Oc2ccccc2-n2c(C#N)ccc23)cc1. The molecule has 1 amide bonds. The predicted octanol–water partition coefficient (Wildman–Crippen LogP) is 4.10. The van der Waals surface area contributed by atoms with Gasteiger partial charge in [0.1, 0.15) is 17.5 Å². The van der Waals surface area contributed by atoms with Crippen molar-refractivity contribution in [1.29, 1.82) is 5.26 Å². The second-order valence-electron chi connectivity index (χ2n) is 9.04. The second kappa shape index (κ2) is 7.25. The van der Waals surface area contributed by atoms with Gasteiger partial charge in [-0.15, -0.1) is 0 Å². The highest BCUT2D eigenvalue weighted by molar-refractivity contribution is 5.94. The Hall–Kier alpha value is -3.56. The van der Waals surface area contributed by atoms with Gasteiger partial charge in [-0.25, -0.2) is 0 Å². The van der Waals surface area contributed by atoms with E-state index >= 15 is 0 Å². The third-order valence-corrected chi connectivity index (χ3v) is 6.57. The minimum Gasteiger partial charge on any atom is -0.479 e. The highest BCUT2D eigenvalue weighted by atomic mass is 16.5. The van der Waals surface area contributed by atoms with Crippen molar-refractivity contribution in [2.24, 2.45) is 0 Å². The number of aromatic nitrogens is 1. The molecular weight excluding hydrogens is 402 g/mol. The first kappa shape index (κ1) is 20.3. The van der Waals surface area contributed by atoms with Gasteiger partial charge in [-0.2, -0.15) is 5.26 Å². The monoisotopic (exact) mass is 427 g/mol. The number of nitriles is 1. The number of nitrogens with zero attached hydrogens (tertiary/aromatic N) is 3. The Morgan fingerprint density at radius 1 is 1.06 bits per heavy atom. The zero-order chi connectivity index (χ0) is 22.5. The Morgan fingerprint density at radius 3 is 2.41 bits per heavy atom. The van der Waals surface area contributed by atoms with E-state index in [9.17, 15) is 15.2 Å². The van der Waals surface area contributed by atoms with Gasteiger partial charge in [0, 0.05) is 31.5 Å². The number of fused-ring (bicyclic) bond motifs is 4. The lowest BCUT2D eigenvalue weighted by molar-refractivity contribution is -0.00938. The fourth-order valence-corrected chi connectivity index (χ4v) is 4.76. The van der Waals surface area contributed by atoms with Crippen molar-refractivity contribution < 1.29 is 14.6 Å². The van der Waals surface area contributed by atoms with Gasteiger partial charge in [0.25, 0.3) is 5.91 Å². The zero-order valence-corrected chi connectivity index (χ0v) is 18.2. The zero-order valence-electron chi connectivity index (χ0n) is 18.2. The van der Waals surface area contributed by atoms with E-state index in [0.29, 0.717) is 37.2 Å². The van der Waals surface area contributed by atoms with Gasteiger partial charge < -0.3 is 14.7 Å². The van der Waals surface area contributed by atoms with Gasteiger partial charge >= 0.3 is 0 Å². The van der Waals surface area contributed by atoms with Crippen molar-refractivity contribution in [2.45, 2.75) is 37.9 Å². The minimum atomic E-state index is -0.940. The average molecular weight is 428 g/mol. The van der Waals surface area contributed by atoms with Crippen LogP contribution in [0.1, 0.15) is 54.0 Å². The Balaban J connectivity index is 1.39. The van der Waals surface area contributed by atoms with Crippen molar-refractivity contribution in [3.8, 4) is 17.5 Å². The number of likely N-dealkylation sites (tertiary alicyclic amines) is 1. The Bertz CT molecular complexity index is 1220. The molecule has 1 saturated heterocycles. The smallest absolute Gasteiger partial charge is 0.253 e. The molecule has 1 N–H and O–H groups in total. The standard InChI is InChI=1S/C26H25N3O3/c1-25(2,31)19-9-7-18(8-10-19)24(30)28-15-13-26(14-16-28)23-12-11-20(17-27)29(23)21-5-3-4-6-22(21)32-26/h3-12,31H,13-16H2,1-2H3. The molecule has 3 heterocycles. The summed E-state index contributed by atoms with van der Waals surface area (Å²) in [6.45, 7) is 4.57. The Morgan fingerprint density at radius 2 is 1.75 bits per heavy atom. The van der Waals surface area contributed by atoms with Crippen molar-refractivity contribution in [1.82, 2.24) is 9.47 Å². The van der Waals surface area contributed by atoms with Crippen LogP contribution in [0.4, 0.5) is 0 Å². The van der Waals surface area contributed by atoms with Gasteiger partial charge in [-0.3, -0.25) is 9.36 Å². The van der Waals surface area contributed by atoms with E-state index in [1.54, 1.807) is 38.1 Å². The predicted molar refractivity (Wildman–Crippen MR) is 120 cm³/mol. The molecule has 1 spiro atoms. The first-order chi connectivity index (χ1) is 15.3. The van der Waals surface area contributed by atoms with Crippen LogP contribution in [0.25, 0.3) is 5.69 Å². The second-order valence-corrected chi connectivity index (χ2v) is 9.04. The number of para-hydroxylation sites is 2. The summed E-state index contributed by atoms with van der Waals surface area (Å²) in [4.78, 5) is 15.0. The van der Waals surface area contributed by atoms with Crippen LogP contribution in [-0.2, 0) is 11.2 Å². The molecule has 0 saturated carbocycles. The molecule has 6 heteroatoms. The topological polar surface area (TPSA) is 78.5 Å². The number of carbonyl (C=O) groups excluding carboxylic acids is 1. The van der Waals surface area contributed by atoms with Gasteiger partial charge in [-0.1, -0.05) is 24.3 Å². The number of benzene rings is 2. The van der Waals surface area contributed by atoms with E-state index in [4.69, 9.17) is 4.74 Å². The molecule has 2 aliphatic rings. The summed E-state index contributed by atoms with van der Waals surface area (Å²) < 4.78 is 8.53. The molecule has 1 aromatic heterocycles. The lowest BCUT2D eigenvalue weighted by Gasteiger charge is -2.45. The molecule has 32 heavy (non-hydrogen) atoms. The number of carbonyl (C=O) groups is 1. The van der Waals surface area contributed by atoms with Crippen LogP contribution in [0.3, 0.4) is 0 Å². The van der Waals surface area contributed by atoms with E-state index in [1.807, 2.05) is 45.9 Å². The Kier molecular flexibility index (Phi) is 4.61. The summed E-state index contributed by atoms with van der Waals surface area (Å²) in [6.07, 6.45) is 1.29. The molecule has 3 aromatic rings. The maximum absolute atomic E-state index is 13.1. The molecule has 2 aromatic carbocycles. The molecule has 2 aliphatic heterocycles. The lowest BCUT2D eigenvalue weighted by Crippen LogP contribution is -2.50. The van der Waals surface area contributed by atoms with Crippen molar-refractivity contribution in [2.75, 3.05) is 13.1 Å². The van der Waals surface area contributed by atoms with Crippen LogP contribution in [-0.4, -0.2) is 33.6 Å². The molecule has 0 aliphatic carbocycles. The van der Waals surface area contributed by atoms with Gasteiger partial charge in [-0.05, 0) is 55.8 Å². The van der Waals surface area contributed by atoms with Crippen LogP contribution in [0, 0.1) is 11.3 Å². The molecule has 0 radical (unpaired) electrons. The molecule has 5 rings (SSSR count). The lowest BCUT2D eigenvalue weighted by atomic mass is 9.86. The third-order valence-electron chi connectivity index (χ3n) is 6.57. The van der Waals surface area contributed by atoms with Crippen LogP contribution < -0.4 is 4.74 Å². The molecule has 0 bridgehead atoms. The van der Waals surface area contributed by atoms with E-state index in [-0.39, 0.29) is 5.91 Å². The van der Waals surface area contributed by atoms with Crippen molar-refractivity contribution in [3.05, 3.63) is 83.2 Å². The molecular formula is C26H25N3O3. The summed E-state index contributed by atoms with van der Waals surface area (Å²) in [7, 11) is 0. The number of hydrogen-bond acceptors (Lipinski definition) is 4. The normalized spacial score (nSPS) is 16.6. The summed E-state index contributed by atoms with van der Waals surface area (Å²) in [5, 5.41) is 19.8.